The van der Waals surface area contributed by atoms with Gasteiger partial charge in [-0.2, -0.15) is 0 Å². The van der Waals surface area contributed by atoms with Crippen LogP contribution in [0.2, 0.25) is 0 Å². The summed E-state index contributed by atoms with van der Waals surface area (Å²) in [6.07, 6.45) is 1.93. The Morgan fingerprint density at radius 1 is 1.17 bits per heavy atom. The zero-order valence-corrected chi connectivity index (χ0v) is 17.0. The van der Waals surface area contributed by atoms with Crippen molar-refractivity contribution < 1.29 is 9.13 Å². The van der Waals surface area contributed by atoms with E-state index in [4.69, 9.17) is 4.74 Å². The molecule has 0 saturated carbocycles. The molecule has 2 aromatic heterocycles. The number of guanidine groups is 1. The predicted octanol–water partition coefficient (Wildman–Crippen LogP) is 1.61. The molecule has 3 aromatic rings. The van der Waals surface area contributed by atoms with E-state index < -0.39 is 0 Å². The maximum atomic E-state index is 13.9. The summed E-state index contributed by atoms with van der Waals surface area (Å²) in [5.41, 5.74) is 1.74. The van der Waals surface area contributed by atoms with Crippen molar-refractivity contribution in [3.8, 4) is 0 Å². The Balaban J connectivity index is 1.42. The molecule has 0 bridgehead atoms. The standard InChI is InChI=1S/C21H26FN7O/c1-23-21(25-15-20-27-26-19-7-2-3-8-29(19)20)24-14-18(28-9-11-30-12-10-28)16-5-4-6-17(22)13-16/h2-8,13,18H,9-12,14-15H2,1H3,(H2,23,24,25). The van der Waals surface area contributed by atoms with E-state index in [2.05, 4.69) is 30.7 Å². The maximum Gasteiger partial charge on any atom is 0.191 e. The zero-order valence-electron chi connectivity index (χ0n) is 17.0. The van der Waals surface area contributed by atoms with Crippen LogP contribution in [-0.2, 0) is 11.3 Å². The molecule has 30 heavy (non-hydrogen) atoms. The number of ether oxygens (including phenoxy) is 1. The van der Waals surface area contributed by atoms with Crippen molar-refractivity contribution in [1.29, 1.82) is 0 Å². The van der Waals surface area contributed by atoms with Gasteiger partial charge in [-0.3, -0.25) is 14.3 Å². The lowest BCUT2D eigenvalue weighted by Crippen LogP contribution is -2.46. The van der Waals surface area contributed by atoms with E-state index in [-0.39, 0.29) is 11.9 Å². The van der Waals surface area contributed by atoms with Crippen molar-refractivity contribution in [3.05, 3.63) is 65.9 Å². The number of hydrogen-bond acceptors (Lipinski definition) is 5. The van der Waals surface area contributed by atoms with Gasteiger partial charge >= 0.3 is 0 Å². The molecule has 158 valence electrons. The Labute approximate surface area is 174 Å². The Kier molecular flexibility index (Phi) is 6.50. The number of aromatic nitrogens is 3. The molecule has 4 rings (SSSR count). The Bertz CT molecular complexity index is 1000. The van der Waals surface area contributed by atoms with Crippen LogP contribution in [0.1, 0.15) is 17.4 Å². The highest BCUT2D eigenvalue weighted by atomic mass is 19.1. The molecule has 0 radical (unpaired) electrons. The van der Waals surface area contributed by atoms with Crippen LogP contribution < -0.4 is 10.6 Å². The quantitative estimate of drug-likeness (QED) is 0.474. The van der Waals surface area contributed by atoms with Crippen molar-refractivity contribution in [2.45, 2.75) is 12.6 Å². The topological polar surface area (TPSA) is 79.1 Å². The molecule has 1 aliphatic rings. The smallest absolute Gasteiger partial charge is 0.191 e. The van der Waals surface area contributed by atoms with Gasteiger partial charge < -0.3 is 15.4 Å². The molecule has 8 nitrogen and oxygen atoms in total. The highest BCUT2D eigenvalue weighted by molar-refractivity contribution is 5.79. The van der Waals surface area contributed by atoms with Gasteiger partial charge in [0, 0.05) is 32.9 Å². The van der Waals surface area contributed by atoms with Crippen LogP contribution in [0.4, 0.5) is 4.39 Å². The van der Waals surface area contributed by atoms with Crippen molar-refractivity contribution in [2.24, 2.45) is 4.99 Å². The summed E-state index contributed by atoms with van der Waals surface area (Å²) in [5, 5.41) is 15.1. The van der Waals surface area contributed by atoms with E-state index >= 15 is 0 Å². The van der Waals surface area contributed by atoms with Gasteiger partial charge in [0.05, 0.1) is 25.8 Å². The minimum atomic E-state index is -0.230. The molecule has 1 unspecified atom stereocenters. The number of morpholine rings is 1. The van der Waals surface area contributed by atoms with Crippen LogP contribution >= 0.6 is 0 Å². The van der Waals surface area contributed by atoms with Gasteiger partial charge in [0.25, 0.3) is 0 Å². The number of fused-ring (bicyclic) bond motifs is 1. The molecule has 1 aromatic carbocycles. The summed E-state index contributed by atoms with van der Waals surface area (Å²) < 4.78 is 21.3. The molecule has 1 saturated heterocycles. The molecule has 0 amide bonds. The highest BCUT2D eigenvalue weighted by Crippen LogP contribution is 2.22. The molecular formula is C21H26FN7O. The van der Waals surface area contributed by atoms with Crippen LogP contribution in [0.3, 0.4) is 0 Å². The zero-order chi connectivity index (χ0) is 20.8. The largest absolute Gasteiger partial charge is 0.379 e. The third kappa shape index (κ3) is 4.74. The molecule has 0 aliphatic carbocycles. The lowest BCUT2D eigenvalue weighted by atomic mass is 10.0. The third-order valence-electron chi connectivity index (χ3n) is 5.20. The Hall–Kier alpha value is -3.04. The third-order valence-corrected chi connectivity index (χ3v) is 5.20. The minimum Gasteiger partial charge on any atom is -0.379 e. The van der Waals surface area contributed by atoms with Gasteiger partial charge in [0.15, 0.2) is 17.4 Å². The van der Waals surface area contributed by atoms with Gasteiger partial charge in [-0.05, 0) is 29.8 Å². The molecular weight excluding hydrogens is 385 g/mol. The normalized spacial score (nSPS) is 16.5. The van der Waals surface area contributed by atoms with Crippen LogP contribution in [0.5, 0.6) is 0 Å². The summed E-state index contributed by atoms with van der Waals surface area (Å²) in [6, 6.07) is 12.6. The fraction of sp³-hybridized carbons (Fsp3) is 0.381. The minimum absolute atomic E-state index is 0.0112. The maximum absolute atomic E-state index is 13.9. The van der Waals surface area contributed by atoms with Crippen LogP contribution in [0.25, 0.3) is 5.65 Å². The van der Waals surface area contributed by atoms with E-state index in [9.17, 15) is 4.39 Å². The number of halogens is 1. The first-order valence-electron chi connectivity index (χ1n) is 10.0. The monoisotopic (exact) mass is 411 g/mol. The predicted molar refractivity (Wildman–Crippen MR) is 113 cm³/mol. The summed E-state index contributed by atoms with van der Waals surface area (Å²) in [5.74, 6) is 1.22. The number of pyridine rings is 1. The summed E-state index contributed by atoms with van der Waals surface area (Å²) in [7, 11) is 1.73. The van der Waals surface area contributed by atoms with Gasteiger partial charge in [0.2, 0.25) is 0 Å². The van der Waals surface area contributed by atoms with Crippen molar-refractivity contribution in [1.82, 2.24) is 30.1 Å². The summed E-state index contributed by atoms with van der Waals surface area (Å²) in [4.78, 5) is 6.63. The van der Waals surface area contributed by atoms with Gasteiger partial charge in [-0.25, -0.2) is 4.39 Å². The van der Waals surface area contributed by atoms with Gasteiger partial charge in [-0.15, -0.1) is 10.2 Å². The van der Waals surface area contributed by atoms with E-state index in [0.29, 0.717) is 32.3 Å². The van der Waals surface area contributed by atoms with Gasteiger partial charge in [-0.1, -0.05) is 18.2 Å². The number of nitrogens with zero attached hydrogens (tertiary/aromatic N) is 5. The first kappa shape index (κ1) is 20.2. The Morgan fingerprint density at radius 3 is 2.83 bits per heavy atom. The van der Waals surface area contributed by atoms with E-state index in [1.165, 1.54) is 6.07 Å². The fourth-order valence-electron chi connectivity index (χ4n) is 3.65. The van der Waals surface area contributed by atoms with Crippen LogP contribution in [0, 0.1) is 5.82 Å². The lowest BCUT2D eigenvalue weighted by Gasteiger charge is -2.35. The number of nitrogens with one attached hydrogen (secondary N) is 2. The molecule has 1 fully saturated rings. The Morgan fingerprint density at radius 2 is 2.03 bits per heavy atom. The van der Waals surface area contributed by atoms with Crippen molar-refractivity contribution >= 4 is 11.6 Å². The average molecular weight is 411 g/mol. The van der Waals surface area contributed by atoms with Crippen molar-refractivity contribution in [2.75, 3.05) is 39.9 Å². The van der Waals surface area contributed by atoms with Gasteiger partial charge in [0.1, 0.15) is 5.82 Å². The summed E-state index contributed by atoms with van der Waals surface area (Å²) in [6.45, 7) is 4.04. The molecule has 1 aliphatic heterocycles. The second kappa shape index (κ2) is 9.64. The van der Waals surface area contributed by atoms with Crippen LogP contribution in [-0.4, -0.2) is 65.4 Å². The van der Waals surface area contributed by atoms with E-state index in [0.717, 1.165) is 30.1 Å². The number of hydrogen-bond donors (Lipinski definition) is 2. The van der Waals surface area contributed by atoms with E-state index in [1.54, 1.807) is 19.2 Å². The van der Waals surface area contributed by atoms with Crippen molar-refractivity contribution in [3.63, 3.8) is 0 Å². The molecule has 9 heteroatoms. The average Bonchev–Trinajstić information content (AvgIpc) is 3.20. The number of aliphatic imine (C=N–C) groups is 1. The number of benzene rings is 1. The molecule has 1 atom stereocenters. The molecule has 2 N–H and O–H groups in total. The lowest BCUT2D eigenvalue weighted by molar-refractivity contribution is 0.0169. The molecule has 0 spiro atoms. The summed E-state index contributed by atoms with van der Waals surface area (Å²) >= 11 is 0. The first-order valence-corrected chi connectivity index (χ1v) is 10.0. The first-order chi connectivity index (χ1) is 14.7. The number of rotatable bonds is 6. The fourth-order valence-corrected chi connectivity index (χ4v) is 3.65. The SMILES string of the molecule is CN=C(NCc1nnc2ccccn12)NCC(c1cccc(F)c1)N1CCOCC1. The van der Waals surface area contributed by atoms with Crippen LogP contribution in [0.15, 0.2) is 53.7 Å². The van der Waals surface area contributed by atoms with E-state index in [1.807, 2.05) is 34.9 Å². The second-order valence-corrected chi connectivity index (χ2v) is 7.07. The molecule has 3 heterocycles. The second-order valence-electron chi connectivity index (χ2n) is 7.07. The highest BCUT2D eigenvalue weighted by Gasteiger charge is 2.23.